The molecule has 3 N–H and O–H groups in total. The fourth-order valence-electron chi connectivity index (χ4n) is 9.00. The number of ether oxygens (including phenoxy) is 2. The van der Waals surface area contributed by atoms with Gasteiger partial charge in [-0.1, -0.05) is 43.2 Å². The normalized spacial score (nSPS) is 19.6. The smallest absolute Gasteiger partial charge is 0.297 e. The lowest BCUT2D eigenvalue weighted by molar-refractivity contribution is -0.384. The zero-order chi connectivity index (χ0) is 45.5. The molecule has 9 rings (SSSR count). The third kappa shape index (κ3) is 9.95. The Kier molecular flexibility index (Phi) is 12.3. The molecule has 4 aliphatic rings. The molecule has 16 nitrogen and oxygen atoms in total. The Morgan fingerprint density at radius 3 is 2.60 bits per heavy atom. The van der Waals surface area contributed by atoms with Gasteiger partial charge in [0.25, 0.3) is 21.6 Å². The van der Waals surface area contributed by atoms with Crippen molar-refractivity contribution in [2.75, 3.05) is 67.6 Å². The van der Waals surface area contributed by atoms with Crippen LogP contribution in [0.3, 0.4) is 0 Å². The molecule has 65 heavy (non-hydrogen) atoms. The van der Waals surface area contributed by atoms with Crippen LogP contribution < -0.4 is 24.4 Å². The van der Waals surface area contributed by atoms with E-state index in [1.807, 2.05) is 18.2 Å². The van der Waals surface area contributed by atoms with Crippen molar-refractivity contribution in [3.05, 3.63) is 111 Å². The van der Waals surface area contributed by atoms with Gasteiger partial charge in [0, 0.05) is 94.5 Å². The summed E-state index contributed by atoms with van der Waals surface area (Å²) < 4.78 is 59.3. The molecule has 0 unspecified atom stereocenters. The number of aromatic nitrogens is 2. The van der Waals surface area contributed by atoms with Gasteiger partial charge in [0.2, 0.25) is 0 Å². The van der Waals surface area contributed by atoms with Gasteiger partial charge in [-0.25, -0.2) is 26.7 Å². The maximum atomic E-state index is 14.0. The van der Waals surface area contributed by atoms with E-state index in [-0.39, 0.29) is 41.3 Å². The molecule has 2 aromatic heterocycles. The number of nitrogens with zero attached hydrogens (tertiary/aromatic N) is 5. The zero-order valence-electron chi connectivity index (χ0n) is 36.2. The van der Waals surface area contributed by atoms with Gasteiger partial charge in [-0.05, 0) is 85.1 Å². The Balaban J connectivity index is 0.940. The number of pyridine rings is 1. The molecule has 0 spiro atoms. The first-order valence-electron chi connectivity index (χ1n) is 21.8. The van der Waals surface area contributed by atoms with Crippen LogP contribution in [-0.2, 0) is 19.8 Å². The number of allylic oxidation sites excluding steroid dienone is 1. The first-order valence-corrected chi connectivity index (χ1v) is 25.5. The number of benzene rings is 3. The van der Waals surface area contributed by atoms with Crippen LogP contribution in [0.15, 0.2) is 94.0 Å². The highest BCUT2D eigenvalue weighted by Crippen LogP contribution is 2.44. The van der Waals surface area contributed by atoms with Gasteiger partial charge in [0.05, 0.1) is 34.2 Å². The Morgan fingerprint density at radius 2 is 1.85 bits per heavy atom. The Bertz CT molecular complexity index is 2930. The lowest BCUT2D eigenvalue weighted by Crippen LogP contribution is -2.47. The van der Waals surface area contributed by atoms with Gasteiger partial charge in [0.1, 0.15) is 23.8 Å². The maximum Gasteiger partial charge on any atom is 0.297 e. The monoisotopic (exact) mass is 942 g/mol. The molecule has 19 heteroatoms. The molecule has 0 radical (unpaired) electrons. The van der Waals surface area contributed by atoms with Crippen molar-refractivity contribution in [3.8, 4) is 17.2 Å². The first-order chi connectivity index (χ1) is 31.1. The van der Waals surface area contributed by atoms with Crippen molar-refractivity contribution in [1.82, 2.24) is 19.6 Å². The summed E-state index contributed by atoms with van der Waals surface area (Å²) in [6.07, 6.45) is 8.09. The van der Waals surface area contributed by atoms with Crippen molar-refractivity contribution in [2.45, 2.75) is 56.9 Å². The van der Waals surface area contributed by atoms with Crippen LogP contribution >= 0.6 is 11.6 Å². The molecule has 3 aliphatic heterocycles. The summed E-state index contributed by atoms with van der Waals surface area (Å²) in [7, 11) is -7.01. The average Bonchev–Trinajstić information content (AvgIpc) is 3.95. The van der Waals surface area contributed by atoms with Crippen molar-refractivity contribution in [3.63, 3.8) is 0 Å². The molecule has 3 aromatic carbocycles. The summed E-state index contributed by atoms with van der Waals surface area (Å²) in [5.41, 5.74) is 5.05. The van der Waals surface area contributed by atoms with Gasteiger partial charge in [-0.2, -0.15) is 0 Å². The molecule has 342 valence electrons. The summed E-state index contributed by atoms with van der Waals surface area (Å²) >= 11 is 6.24. The summed E-state index contributed by atoms with van der Waals surface area (Å²) in [5.74, 6) is 0.381. The second-order valence-electron chi connectivity index (χ2n) is 17.9. The molecule has 1 aliphatic carbocycles. The first kappa shape index (κ1) is 44.5. The number of anilines is 2. The standard InChI is InChI=1S/C46H51ClN8O8S2/c1-46(2)13-11-32(39(25-46)30-5-7-33(47)8-6-30)28-53-15-17-54(18-16-53)35-9-10-38(41(22-35)63-36-21-31-12-14-48-44(31)49-27-36)45(56)52-65(60,61)37-23-40(55(57)58)43-42(24-37)62-29-34(51-43)26-50-64(59)19-3-4-20-64/h5-10,12,14,21-24,27,34,51H,3-4,11,13,15-20,25-26,28-29H2,1-2H3,(H,48,49)(H,52,56)/t34-/m1/s1. The molecule has 5 aromatic rings. The summed E-state index contributed by atoms with van der Waals surface area (Å²) in [5, 5.41) is 16.8. The SMILES string of the molecule is CC1(C)CCC(CN2CCN(c3ccc(C(=O)NS(=O)(=O)c4cc5c(c([N+](=O)[O-])c4)N[C@H](CN=S4(=O)CCCC4)CO5)c(Oc4cnc5[nH]ccc5c4)c3)CC2)=C(c2ccc(Cl)cc2)C1. The number of piperazine rings is 1. The van der Waals surface area contributed by atoms with E-state index in [1.54, 1.807) is 24.4 Å². The molecule has 2 saturated heterocycles. The Hall–Kier alpha value is -5.69. The Morgan fingerprint density at radius 1 is 1.08 bits per heavy atom. The van der Waals surface area contributed by atoms with E-state index in [2.05, 4.69) is 60.1 Å². The van der Waals surface area contributed by atoms with Gasteiger partial charge in [-0.3, -0.25) is 19.8 Å². The van der Waals surface area contributed by atoms with E-state index in [0.717, 1.165) is 80.0 Å². The van der Waals surface area contributed by atoms with Crippen LogP contribution in [0.4, 0.5) is 17.1 Å². The highest BCUT2D eigenvalue weighted by atomic mass is 35.5. The largest absolute Gasteiger partial charge is 0.489 e. The minimum absolute atomic E-state index is 0.00631. The van der Waals surface area contributed by atoms with Crippen molar-refractivity contribution >= 4 is 70.9 Å². The Labute approximate surface area is 383 Å². The topological polar surface area (TPSA) is 201 Å². The molecule has 1 amide bonds. The fourth-order valence-corrected chi connectivity index (χ4v) is 12.3. The van der Waals surface area contributed by atoms with Crippen molar-refractivity contribution in [2.24, 2.45) is 9.78 Å². The number of carbonyl (C=O) groups excluding carboxylic acids is 1. The number of amides is 1. The van der Waals surface area contributed by atoms with Gasteiger partial charge in [-0.15, -0.1) is 0 Å². The second-order valence-corrected chi connectivity index (χ2v) is 22.7. The lowest BCUT2D eigenvalue weighted by atomic mass is 9.72. The average molecular weight is 944 g/mol. The molecule has 2 fully saturated rings. The van der Waals surface area contributed by atoms with Crippen LogP contribution in [0, 0.1) is 15.5 Å². The highest BCUT2D eigenvalue weighted by molar-refractivity contribution is 7.93. The summed E-state index contributed by atoms with van der Waals surface area (Å²) in [6.45, 7) is 8.65. The number of rotatable bonds is 12. The number of hydrogen-bond acceptors (Lipinski definition) is 13. The third-order valence-electron chi connectivity index (χ3n) is 12.6. The molecule has 1 atom stereocenters. The van der Waals surface area contributed by atoms with Crippen LogP contribution in [0.2, 0.25) is 5.02 Å². The number of halogens is 1. The molecule has 0 saturated carbocycles. The number of fused-ring (bicyclic) bond motifs is 2. The minimum atomic E-state index is -4.70. The number of aromatic amines is 1. The molecule has 5 heterocycles. The van der Waals surface area contributed by atoms with Gasteiger partial charge < -0.3 is 24.7 Å². The molecular formula is C46H51ClN8O8S2. The van der Waals surface area contributed by atoms with Crippen molar-refractivity contribution in [1.29, 1.82) is 0 Å². The third-order valence-corrected chi connectivity index (χ3v) is 16.7. The fraction of sp³-hybridized carbons (Fsp3) is 0.391. The minimum Gasteiger partial charge on any atom is -0.489 e. The predicted molar refractivity (Wildman–Crippen MR) is 252 cm³/mol. The van der Waals surface area contributed by atoms with Gasteiger partial charge >= 0.3 is 0 Å². The number of nitrogens with one attached hydrogen (secondary N) is 3. The quantitative estimate of drug-likeness (QED) is 0.0800. The zero-order valence-corrected chi connectivity index (χ0v) is 38.6. The lowest BCUT2D eigenvalue weighted by Gasteiger charge is -2.39. The number of carbonyl (C=O) groups is 1. The van der Waals surface area contributed by atoms with Gasteiger partial charge in [0.15, 0.2) is 11.4 Å². The van der Waals surface area contributed by atoms with Crippen LogP contribution in [0.1, 0.15) is 61.9 Å². The van der Waals surface area contributed by atoms with E-state index in [0.29, 0.717) is 36.0 Å². The second kappa shape index (κ2) is 17.9. The number of sulfonamides is 1. The number of nitro benzene ring substituents is 1. The number of nitro groups is 1. The summed E-state index contributed by atoms with van der Waals surface area (Å²) in [4.78, 5) is 37.2. The maximum absolute atomic E-state index is 14.0. The van der Waals surface area contributed by atoms with Crippen LogP contribution in [0.25, 0.3) is 16.6 Å². The predicted octanol–water partition coefficient (Wildman–Crippen LogP) is 8.26. The van der Waals surface area contributed by atoms with E-state index < -0.39 is 47.2 Å². The van der Waals surface area contributed by atoms with E-state index in [9.17, 15) is 27.5 Å². The highest BCUT2D eigenvalue weighted by Gasteiger charge is 2.33. The summed E-state index contributed by atoms with van der Waals surface area (Å²) in [6, 6.07) is 18.2. The van der Waals surface area contributed by atoms with E-state index >= 15 is 0 Å². The number of H-pyrrole nitrogens is 1. The molecule has 0 bridgehead atoms. The van der Waals surface area contributed by atoms with E-state index in [1.165, 1.54) is 29.0 Å². The van der Waals surface area contributed by atoms with Crippen LogP contribution in [-0.4, -0.2) is 102 Å². The van der Waals surface area contributed by atoms with Crippen LogP contribution in [0.5, 0.6) is 17.2 Å². The van der Waals surface area contributed by atoms with E-state index in [4.69, 9.17) is 21.1 Å². The molecular weight excluding hydrogens is 892 g/mol. The van der Waals surface area contributed by atoms with Crippen molar-refractivity contribution < 1.29 is 31.8 Å². The number of hydrogen-bond donors (Lipinski definition) is 3.